The van der Waals surface area contributed by atoms with Crippen molar-refractivity contribution in [3.63, 3.8) is 0 Å². The maximum atomic E-state index is 10.2. The molecule has 0 rings (SSSR count). The van der Waals surface area contributed by atoms with Crippen LogP contribution in [0.1, 0.15) is 71.1 Å². The van der Waals surface area contributed by atoms with E-state index in [0.717, 1.165) is 18.2 Å². The third-order valence-corrected chi connectivity index (χ3v) is 2.49. The number of carbonyl (C=O) groups is 1. The van der Waals surface area contributed by atoms with Gasteiger partial charge in [0.05, 0.1) is 0 Å². The van der Waals surface area contributed by atoms with E-state index >= 15 is 0 Å². The number of hydrogen-bond acceptors (Lipinski definition) is 4. The van der Waals surface area contributed by atoms with Crippen molar-refractivity contribution in [3.05, 3.63) is 10.1 Å². The molecule has 0 aromatic heterocycles. The van der Waals surface area contributed by atoms with Crippen molar-refractivity contribution < 1.29 is 39.5 Å². The Morgan fingerprint density at radius 3 is 1.67 bits per heavy atom. The van der Waals surface area contributed by atoms with Crippen LogP contribution in [0.25, 0.3) is 0 Å². The minimum atomic E-state index is -0.659. The van der Waals surface area contributed by atoms with Gasteiger partial charge in [0.15, 0.2) is 0 Å². The van der Waals surface area contributed by atoms with E-state index in [1.165, 1.54) is 44.9 Å². The molecule has 0 spiro atoms. The van der Waals surface area contributed by atoms with Crippen molar-refractivity contribution in [2.75, 3.05) is 0 Å². The van der Waals surface area contributed by atoms with Gasteiger partial charge in [0.1, 0.15) is 0 Å². The Balaban J connectivity index is -0.000000507. The minimum Gasteiger partial charge on any atom is -0.481 e. The molecule has 5 nitrogen and oxygen atoms in total. The molecule has 0 atom stereocenters. The summed E-state index contributed by atoms with van der Waals surface area (Å²) in [5, 5.41) is 17.4. The second-order valence-corrected chi connectivity index (χ2v) is 4.05. The molecule has 0 aliphatic heterocycles. The third-order valence-electron chi connectivity index (χ3n) is 2.49. The average Bonchev–Trinajstić information content (AvgIpc) is 2.27. The Kier molecular flexibility index (Phi) is 28.2. The zero-order valence-corrected chi connectivity index (χ0v) is 13.7. The summed E-state index contributed by atoms with van der Waals surface area (Å²) in [6.07, 6.45) is 11.5. The van der Waals surface area contributed by atoms with Gasteiger partial charge in [0.25, 0.3) is 0 Å². The topological polar surface area (TPSA) is 89.8 Å². The standard InChI is InChI=1S/C12H24O2.HNO2.Na/c1-2-3-4-5-6-7-8-9-10-11-12(13)14;2-1-3;/h2-11H2,1H3,(H,13,14);(H,2,3);/q;;+1/p-1. The van der Waals surface area contributed by atoms with Crippen LogP contribution in [-0.2, 0) is 4.79 Å². The van der Waals surface area contributed by atoms with Gasteiger partial charge in [-0.3, -0.25) is 4.79 Å². The molecule has 0 aromatic carbocycles. The molecule has 0 bridgehead atoms. The summed E-state index contributed by atoms with van der Waals surface area (Å²) in [7, 11) is 0. The predicted molar refractivity (Wildman–Crippen MR) is 68.6 cm³/mol. The first-order chi connectivity index (χ1) is 8.18. The molecule has 0 aliphatic rings. The SMILES string of the molecule is CCCCCCCCCCCC(=O)O.O=N[O-].[Na+]. The maximum Gasteiger partial charge on any atom is 1.00 e. The zero-order valence-electron chi connectivity index (χ0n) is 11.7. The van der Waals surface area contributed by atoms with E-state index in [1.54, 1.807) is 0 Å². The van der Waals surface area contributed by atoms with Crippen molar-refractivity contribution >= 4 is 5.97 Å². The molecule has 6 heteroatoms. The van der Waals surface area contributed by atoms with Gasteiger partial charge in [0.2, 0.25) is 0 Å². The van der Waals surface area contributed by atoms with Crippen LogP contribution >= 0.6 is 0 Å². The molecule has 0 aliphatic carbocycles. The molecule has 0 aromatic rings. The van der Waals surface area contributed by atoms with Crippen molar-refractivity contribution in [2.45, 2.75) is 71.1 Å². The van der Waals surface area contributed by atoms with Crippen LogP contribution in [0.2, 0.25) is 0 Å². The molecule has 0 radical (unpaired) electrons. The van der Waals surface area contributed by atoms with Gasteiger partial charge >= 0.3 is 35.5 Å². The minimum absolute atomic E-state index is 0. The van der Waals surface area contributed by atoms with Gasteiger partial charge in [0, 0.05) is 6.42 Å². The molecular weight excluding hydrogens is 245 g/mol. The Bertz CT molecular complexity index is 179. The molecule has 1 N–H and O–H groups in total. The Morgan fingerprint density at radius 1 is 1.00 bits per heavy atom. The predicted octanol–water partition coefficient (Wildman–Crippen LogP) is 1.25. The normalized spacial score (nSPS) is 8.72. The largest absolute Gasteiger partial charge is 1.00 e. The van der Waals surface area contributed by atoms with Gasteiger partial charge in [-0.2, -0.15) is 0 Å². The fraction of sp³-hybridized carbons (Fsp3) is 0.917. The van der Waals surface area contributed by atoms with Gasteiger partial charge in [-0.05, 0) is 6.42 Å². The average molecular weight is 269 g/mol. The second-order valence-electron chi connectivity index (χ2n) is 4.05. The number of aliphatic carboxylic acids is 1. The van der Waals surface area contributed by atoms with Gasteiger partial charge in [-0.1, -0.05) is 58.3 Å². The van der Waals surface area contributed by atoms with Gasteiger partial charge in [-0.15, -0.1) is 5.34 Å². The zero-order chi connectivity index (χ0) is 13.4. The van der Waals surface area contributed by atoms with Gasteiger partial charge in [-0.25, -0.2) is 0 Å². The molecule has 102 valence electrons. The van der Waals surface area contributed by atoms with Crippen LogP contribution in [0.5, 0.6) is 0 Å². The summed E-state index contributed by atoms with van der Waals surface area (Å²) in [5.74, 6) is -0.659. The number of nitrogens with zero attached hydrogens (tertiary/aromatic N) is 1. The van der Waals surface area contributed by atoms with Crippen molar-refractivity contribution in [2.24, 2.45) is 5.34 Å². The van der Waals surface area contributed by atoms with Crippen molar-refractivity contribution in [1.29, 1.82) is 0 Å². The van der Waals surface area contributed by atoms with E-state index in [9.17, 15) is 4.79 Å². The Hall–Kier alpha value is -0.130. The summed E-state index contributed by atoms with van der Waals surface area (Å²) < 4.78 is 0. The summed E-state index contributed by atoms with van der Waals surface area (Å²) in [6.45, 7) is 2.23. The first kappa shape index (κ1) is 23.0. The smallest absolute Gasteiger partial charge is 0.481 e. The Labute approximate surface area is 132 Å². The van der Waals surface area contributed by atoms with E-state index in [0.29, 0.717) is 6.42 Å². The fourth-order valence-corrected chi connectivity index (χ4v) is 1.59. The van der Waals surface area contributed by atoms with E-state index in [-0.39, 0.29) is 29.6 Å². The van der Waals surface area contributed by atoms with Crippen LogP contribution in [0.15, 0.2) is 5.34 Å². The molecule has 0 amide bonds. The summed E-state index contributed by atoms with van der Waals surface area (Å²) in [5.41, 5.74) is 0. The van der Waals surface area contributed by atoms with Crippen LogP contribution < -0.4 is 29.6 Å². The van der Waals surface area contributed by atoms with Crippen molar-refractivity contribution in [1.82, 2.24) is 0 Å². The second kappa shape index (κ2) is 22.1. The molecule has 0 saturated carbocycles. The monoisotopic (exact) mass is 269 g/mol. The van der Waals surface area contributed by atoms with E-state index in [4.69, 9.17) is 15.2 Å². The fourth-order valence-electron chi connectivity index (χ4n) is 1.59. The molecule has 0 saturated heterocycles. The number of rotatable bonds is 10. The maximum absolute atomic E-state index is 10.2. The summed E-state index contributed by atoms with van der Waals surface area (Å²) in [6, 6.07) is 0. The van der Waals surface area contributed by atoms with E-state index < -0.39 is 5.97 Å². The van der Waals surface area contributed by atoms with Gasteiger partial charge < -0.3 is 15.2 Å². The third kappa shape index (κ3) is 29.7. The van der Waals surface area contributed by atoms with E-state index in [2.05, 4.69) is 6.92 Å². The summed E-state index contributed by atoms with van der Waals surface area (Å²) >= 11 is 0. The van der Waals surface area contributed by atoms with Crippen molar-refractivity contribution in [3.8, 4) is 0 Å². The Morgan fingerprint density at radius 2 is 1.33 bits per heavy atom. The molecule has 0 heterocycles. The molecule has 18 heavy (non-hydrogen) atoms. The molecule has 0 fully saturated rings. The first-order valence-electron chi connectivity index (χ1n) is 6.35. The number of carboxylic acid groups (broad SMARTS) is 1. The number of unbranched alkanes of at least 4 members (excludes halogenated alkanes) is 8. The number of hydrogen-bond donors (Lipinski definition) is 1. The first-order valence-corrected chi connectivity index (χ1v) is 6.35. The quantitative estimate of drug-likeness (QED) is 0.280. The molecule has 0 unspecified atom stereocenters. The van der Waals surface area contributed by atoms with Crippen LogP contribution in [-0.4, -0.2) is 11.1 Å². The number of carboxylic acids is 1. The van der Waals surface area contributed by atoms with E-state index in [1.807, 2.05) is 0 Å². The van der Waals surface area contributed by atoms with Crippen LogP contribution in [0.3, 0.4) is 0 Å². The van der Waals surface area contributed by atoms with Crippen LogP contribution in [0, 0.1) is 10.1 Å². The van der Waals surface area contributed by atoms with Crippen LogP contribution in [0.4, 0.5) is 0 Å². The summed E-state index contributed by atoms with van der Waals surface area (Å²) in [4.78, 5) is 18.2. The molecular formula is C12H24NNaO4.